The van der Waals surface area contributed by atoms with Crippen LogP contribution in [0, 0.1) is 0 Å². The van der Waals surface area contributed by atoms with Gasteiger partial charge in [-0.2, -0.15) is 0 Å². The van der Waals surface area contributed by atoms with Crippen LogP contribution in [0.15, 0.2) is 218 Å². The summed E-state index contributed by atoms with van der Waals surface area (Å²) in [5.41, 5.74) is 3.71. The van der Waals surface area contributed by atoms with Gasteiger partial charge in [-0.05, 0) is 145 Å². The average Bonchev–Trinajstić information content (AvgIpc) is 0.791. The third kappa shape index (κ3) is 19.8. The fourth-order valence-corrected chi connectivity index (χ4v) is 13.9. The Morgan fingerprint density at radius 2 is 0.773 bits per heavy atom. The van der Waals surface area contributed by atoms with Crippen molar-refractivity contribution >= 4 is 142 Å². The van der Waals surface area contributed by atoms with Crippen molar-refractivity contribution in [2.75, 3.05) is 80.1 Å². The molecule has 0 unspecified atom stereocenters. The lowest BCUT2D eigenvalue weighted by Gasteiger charge is -2.45. The van der Waals surface area contributed by atoms with Gasteiger partial charge in [0.25, 0.3) is 5.91 Å². The van der Waals surface area contributed by atoms with Crippen molar-refractivity contribution in [2.24, 2.45) is 0 Å². The van der Waals surface area contributed by atoms with Crippen molar-refractivity contribution in [1.82, 2.24) is 15.1 Å². The number of carbonyl (C=O) groups is 2. The highest BCUT2D eigenvalue weighted by Gasteiger charge is 2.41. The minimum absolute atomic E-state index is 0. The van der Waals surface area contributed by atoms with Crippen LogP contribution in [0.4, 0.5) is 17.1 Å². The van der Waals surface area contributed by atoms with Crippen molar-refractivity contribution in [2.45, 2.75) is 55.7 Å². The number of benzene rings is 9. The quantitative estimate of drug-likeness (QED) is 0.0704. The fraction of sp³-hybridized carbons (Fsp3) is 0.253. The second-order valence-electron chi connectivity index (χ2n) is 24.1. The number of aliphatic hydroxyl groups is 3. The van der Waals surface area contributed by atoms with E-state index in [-0.39, 0.29) is 32.4 Å². The number of carboxylic acids is 1. The lowest BCUT2D eigenvalue weighted by atomic mass is 9.93. The first-order valence-corrected chi connectivity index (χ1v) is 34.4. The van der Waals surface area contributed by atoms with Gasteiger partial charge in [-0.3, -0.25) is 9.69 Å². The highest BCUT2D eigenvalue weighted by molar-refractivity contribution is 6.38. The van der Waals surface area contributed by atoms with E-state index in [4.69, 9.17) is 110 Å². The molecule has 3 saturated heterocycles. The lowest BCUT2D eigenvalue weighted by molar-refractivity contribution is -0.157. The standard InChI is InChI=1S/C25H23Cl3N2O2.C25H25Cl3N2O.C16H15Cl3N2.C9H10O3.B/c1-25(32,18-5-3-2-4-6-18)24(31)29-13-14-30(22-12-11-20(27)15-21(22)28)23(16-29)17-7-9-19(26)10-8-17;1-25(31,19-5-3-2-4-6-19)17-29-13-14-30(23-12-11-21(27)15-22(23)28)24(16-29)18-7-9-20(26)10-8-18;17-12-3-1-11(2-4-12)16-10-20-7-8-21(16)15-6-5-13(18)9-14(15)19;1-9(12,8(10)11)7-5-3-2-4-6-7;/h2-12,15,23,32H,13-14,16H2,1H3;2-12,15,24,31H,13-14,16-17H2,1H3;1-6,9,16,20H,7-8,10H2;2-6,12H,1H3,(H,10,11);/t23-,25-;24-,25+;16-;9-;/m0000./s1. The minimum atomic E-state index is -1.79. The number of anilines is 3. The third-order valence-electron chi connectivity index (χ3n) is 17.2. The molecular formula is C75H73BCl9N6O6. The van der Waals surface area contributed by atoms with Crippen molar-refractivity contribution in [3.05, 3.63) is 297 Å². The molecular weight excluding hydrogens is 1410 g/mol. The SMILES string of the molecule is C[C@@](O)(C(=O)N1CCN(c2ccc(Cl)cc2Cl)[C@H](c2ccc(Cl)cc2)C1)c1ccccc1.C[C@@](O)(C(=O)O)c1ccccc1.C[C@@](O)(CN1CCN(c2ccc(Cl)cc2Cl)[C@H](c2ccc(Cl)cc2)C1)c1ccccc1.Clc1ccc([C@@H]2CNCCN2c2ccc(Cl)cc2Cl)cc1.[B]. The molecule has 12 nitrogen and oxygen atoms in total. The van der Waals surface area contributed by atoms with E-state index < -0.39 is 22.8 Å². The average molecular weight is 1480 g/mol. The summed E-state index contributed by atoms with van der Waals surface area (Å²) in [4.78, 5) is 34.8. The van der Waals surface area contributed by atoms with Gasteiger partial charge in [0.05, 0.1) is 55.9 Å². The lowest BCUT2D eigenvalue weighted by Crippen LogP contribution is -2.55. The number of hydrogen-bond donors (Lipinski definition) is 5. The topological polar surface area (TPSA) is 143 Å². The van der Waals surface area contributed by atoms with Crippen LogP contribution in [0.25, 0.3) is 0 Å². The van der Waals surface area contributed by atoms with Crippen molar-refractivity contribution < 1.29 is 30.0 Å². The van der Waals surface area contributed by atoms with Gasteiger partial charge in [0.2, 0.25) is 0 Å². The predicted octanol–water partition coefficient (Wildman–Crippen LogP) is 17.8. The molecule has 0 saturated carbocycles. The first-order chi connectivity index (χ1) is 45.8. The molecule has 0 aromatic heterocycles. The number of piperazine rings is 3. The molecule has 1 amide bonds. The van der Waals surface area contributed by atoms with E-state index in [1.54, 1.807) is 78.6 Å². The van der Waals surface area contributed by atoms with E-state index in [2.05, 4.69) is 49.2 Å². The van der Waals surface area contributed by atoms with Crippen LogP contribution in [-0.4, -0.2) is 116 Å². The Labute approximate surface area is 614 Å². The molecule has 3 fully saturated rings. The van der Waals surface area contributed by atoms with Crippen LogP contribution in [0.3, 0.4) is 0 Å². The van der Waals surface area contributed by atoms with Crippen LogP contribution >= 0.6 is 104 Å². The van der Waals surface area contributed by atoms with Crippen LogP contribution < -0.4 is 20.0 Å². The van der Waals surface area contributed by atoms with Gasteiger partial charge >= 0.3 is 5.97 Å². The molecule has 0 aliphatic carbocycles. The number of β-amino-alcohol motifs (C(OH)–C–C–N with tert-alkyl or cyclic N) is 1. The number of nitrogens with one attached hydrogen (secondary N) is 1. The van der Waals surface area contributed by atoms with Crippen LogP contribution in [-0.2, 0) is 26.4 Å². The van der Waals surface area contributed by atoms with Gasteiger partial charge in [0.1, 0.15) is 0 Å². The smallest absolute Gasteiger partial charge is 0.340 e. The number of carboxylic acid groups (broad SMARTS) is 1. The monoisotopic (exact) mass is 1480 g/mol. The summed E-state index contributed by atoms with van der Waals surface area (Å²) in [5, 5.41) is 49.6. The highest BCUT2D eigenvalue weighted by Crippen LogP contribution is 2.41. The molecule has 12 rings (SSSR count). The van der Waals surface area contributed by atoms with Gasteiger partial charge in [-0.25, -0.2) is 4.79 Å². The van der Waals surface area contributed by atoms with Gasteiger partial charge in [-0.1, -0.05) is 232 Å². The maximum atomic E-state index is 13.4. The van der Waals surface area contributed by atoms with Crippen LogP contribution in [0.2, 0.25) is 45.2 Å². The third-order valence-corrected chi connectivity index (χ3v) is 19.6. The maximum Gasteiger partial charge on any atom is 0.340 e. The molecule has 22 heteroatoms. The van der Waals surface area contributed by atoms with Gasteiger partial charge in [0.15, 0.2) is 11.2 Å². The van der Waals surface area contributed by atoms with E-state index in [1.807, 2.05) is 134 Å². The van der Waals surface area contributed by atoms with E-state index in [1.165, 1.54) is 12.5 Å². The Balaban J connectivity index is 0.000000173. The summed E-state index contributed by atoms with van der Waals surface area (Å²) in [6.45, 7) is 11.7. The van der Waals surface area contributed by atoms with Crippen molar-refractivity contribution in [1.29, 1.82) is 0 Å². The molecule has 0 bridgehead atoms. The number of carbonyl (C=O) groups excluding carboxylic acids is 1. The Morgan fingerprint density at radius 3 is 1.18 bits per heavy atom. The molecule has 5 N–H and O–H groups in total. The Kier molecular flexibility index (Phi) is 27.4. The number of hydrogen-bond acceptors (Lipinski definition) is 10. The molecule has 505 valence electrons. The van der Waals surface area contributed by atoms with E-state index in [0.717, 1.165) is 78.0 Å². The van der Waals surface area contributed by atoms with Crippen molar-refractivity contribution in [3.8, 4) is 0 Å². The van der Waals surface area contributed by atoms with E-state index in [9.17, 15) is 24.9 Å². The summed E-state index contributed by atoms with van der Waals surface area (Å²) in [6.07, 6.45) is 0. The summed E-state index contributed by atoms with van der Waals surface area (Å²) < 4.78 is 0. The Bertz CT molecular complexity index is 4040. The first kappa shape index (κ1) is 76.5. The van der Waals surface area contributed by atoms with E-state index >= 15 is 0 Å². The normalized spacial score (nSPS) is 18.2. The molecule has 0 spiro atoms. The highest BCUT2D eigenvalue weighted by atomic mass is 35.5. The second kappa shape index (κ2) is 34.7. The molecule has 3 aliphatic rings. The molecule has 3 aliphatic heterocycles. The summed E-state index contributed by atoms with van der Waals surface area (Å²) in [5.74, 6) is -1.57. The summed E-state index contributed by atoms with van der Waals surface area (Å²) >= 11 is 55.9. The molecule has 6 atom stereocenters. The first-order valence-electron chi connectivity index (χ1n) is 31.0. The largest absolute Gasteiger partial charge is 0.479 e. The minimum Gasteiger partial charge on any atom is -0.479 e. The Hall–Kier alpha value is -6.21. The zero-order chi connectivity index (χ0) is 68.9. The second-order valence-corrected chi connectivity index (χ2v) is 27.9. The zero-order valence-corrected chi connectivity index (χ0v) is 60.2. The molecule has 9 aromatic carbocycles. The number of nitrogens with zero attached hydrogens (tertiary/aromatic N) is 5. The summed E-state index contributed by atoms with van der Waals surface area (Å²) in [6, 6.07) is 67.4. The predicted molar refractivity (Wildman–Crippen MR) is 401 cm³/mol. The maximum absolute atomic E-state index is 13.4. The summed E-state index contributed by atoms with van der Waals surface area (Å²) in [7, 11) is 0. The van der Waals surface area contributed by atoms with Gasteiger partial charge < -0.3 is 45.3 Å². The molecule has 3 heterocycles. The number of halogens is 9. The van der Waals surface area contributed by atoms with Gasteiger partial charge in [-0.15, -0.1) is 0 Å². The van der Waals surface area contributed by atoms with E-state index in [0.29, 0.717) is 77.5 Å². The number of amides is 1. The zero-order valence-electron chi connectivity index (χ0n) is 53.4. The Morgan fingerprint density at radius 1 is 0.423 bits per heavy atom. The fourth-order valence-electron chi connectivity index (χ4n) is 12.0. The molecule has 3 radical (unpaired) electrons. The van der Waals surface area contributed by atoms with Crippen molar-refractivity contribution in [3.63, 3.8) is 0 Å². The van der Waals surface area contributed by atoms with Crippen LogP contribution in [0.1, 0.15) is 72.3 Å². The number of aliphatic carboxylic acids is 1. The number of rotatable bonds is 13. The van der Waals surface area contributed by atoms with Gasteiger partial charge in [0, 0.05) is 104 Å². The molecule has 9 aromatic rings. The van der Waals surface area contributed by atoms with Crippen LogP contribution in [0.5, 0.6) is 0 Å². The molecule has 97 heavy (non-hydrogen) atoms.